The van der Waals surface area contributed by atoms with Crippen molar-refractivity contribution in [1.29, 1.82) is 0 Å². The monoisotopic (exact) mass is 360 g/mol. The second kappa shape index (κ2) is 6.67. The van der Waals surface area contributed by atoms with Gasteiger partial charge in [0.15, 0.2) is 11.5 Å². The van der Waals surface area contributed by atoms with Gasteiger partial charge in [-0.15, -0.1) is 0 Å². The fraction of sp³-hybridized carbons (Fsp3) is 0.158. The summed E-state index contributed by atoms with van der Waals surface area (Å²) in [5.41, 5.74) is 2.12. The van der Waals surface area contributed by atoms with Crippen molar-refractivity contribution in [3.8, 4) is 11.3 Å². The average Bonchev–Trinajstić information content (AvgIpc) is 3.07. The molecule has 134 valence electrons. The number of carbonyl (C=O) groups is 1. The van der Waals surface area contributed by atoms with Gasteiger partial charge in [0.1, 0.15) is 0 Å². The van der Waals surface area contributed by atoms with Crippen molar-refractivity contribution in [2.24, 2.45) is 0 Å². The Balaban J connectivity index is 1.79. The zero-order chi connectivity index (χ0) is 18.9. The minimum absolute atomic E-state index is 0.0179. The first-order valence-corrected chi connectivity index (χ1v) is 7.77. The van der Waals surface area contributed by atoms with Crippen LogP contribution < -0.4 is 5.32 Å². The molecule has 0 aliphatic carbocycles. The quantitative estimate of drug-likeness (QED) is 0.696. The van der Waals surface area contributed by atoms with E-state index in [1.54, 1.807) is 0 Å². The van der Waals surface area contributed by atoms with E-state index in [1.807, 2.05) is 32.0 Å². The fourth-order valence-electron chi connectivity index (χ4n) is 2.38. The highest BCUT2D eigenvalue weighted by molar-refractivity contribution is 6.03. The van der Waals surface area contributed by atoms with Crippen LogP contribution in [0.4, 0.5) is 18.9 Å². The summed E-state index contributed by atoms with van der Waals surface area (Å²) in [5, 5.41) is 6.10. The number of anilines is 1. The molecule has 0 atom stereocenters. The molecule has 0 fully saturated rings. The van der Waals surface area contributed by atoms with Crippen molar-refractivity contribution in [3.05, 3.63) is 70.9 Å². The Kier molecular flexibility index (Phi) is 4.54. The minimum atomic E-state index is -4.48. The molecule has 0 radical (unpaired) electrons. The summed E-state index contributed by atoms with van der Waals surface area (Å²) in [7, 11) is 0. The summed E-state index contributed by atoms with van der Waals surface area (Å²) in [6, 6.07) is 11.5. The molecule has 0 bridgehead atoms. The molecular formula is C19H15F3N2O2. The van der Waals surface area contributed by atoms with Crippen LogP contribution in [0, 0.1) is 13.8 Å². The number of amides is 1. The van der Waals surface area contributed by atoms with Crippen molar-refractivity contribution in [2.45, 2.75) is 20.0 Å². The van der Waals surface area contributed by atoms with Crippen LogP contribution in [0.25, 0.3) is 11.3 Å². The van der Waals surface area contributed by atoms with Crippen LogP contribution in [0.1, 0.15) is 27.2 Å². The minimum Gasteiger partial charge on any atom is -0.355 e. The van der Waals surface area contributed by atoms with Gasteiger partial charge < -0.3 is 9.84 Å². The van der Waals surface area contributed by atoms with Gasteiger partial charge in [0.05, 0.1) is 5.56 Å². The van der Waals surface area contributed by atoms with Gasteiger partial charge in [-0.2, -0.15) is 13.2 Å². The molecule has 0 spiro atoms. The summed E-state index contributed by atoms with van der Waals surface area (Å²) in [6.07, 6.45) is -4.48. The van der Waals surface area contributed by atoms with Crippen molar-refractivity contribution in [2.75, 3.05) is 5.32 Å². The Labute approximate surface area is 147 Å². The maximum atomic E-state index is 12.7. The van der Waals surface area contributed by atoms with Gasteiger partial charge in [-0.05, 0) is 49.2 Å². The van der Waals surface area contributed by atoms with E-state index in [2.05, 4.69) is 10.5 Å². The SMILES string of the molecule is Cc1ccc(-c2cc(C(=O)Nc3cccc(C(F)(F)F)c3)no2)cc1C. The third-order valence-electron chi connectivity index (χ3n) is 3.98. The van der Waals surface area contributed by atoms with Crippen molar-refractivity contribution < 1.29 is 22.5 Å². The van der Waals surface area contributed by atoms with Gasteiger partial charge >= 0.3 is 6.18 Å². The molecule has 26 heavy (non-hydrogen) atoms. The standard InChI is InChI=1S/C19H15F3N2O2/c1-11-6-7-13(8-12(11)2)17-10-16(24-26-17)18(25)23-15-5-3-4-14(9-15)19(20,21)22/h3-10H,1-2H3,(H,23,25). The van der Waals surface area contributed by atoms with Crippen molar-refractivity contribution in [3.63, 3.8) is 0 Å². The fourth-order valence-corrected chi connectivity index (χ4v) is 2.38. The maximum Gasteiger partial charge on any atom is 0.416 e. The Morgan fingerprint density at radius 2 is 1.81 bits per heavy atom. The Hall–Kier alpha value is -3.09. The van der Waals surface area contributed by atoms with E-state index in [0.29, 0.717) is 5.76 Å². The lowest BCUT2D eigenvalue weighted by Gasteiger charge is -2.08. The van der Waals surface area contributed by atoms with Crippen LogP contribution in [0.5, 0.6) is 0 Å². The third kappa shape index (κ3) is 3.77. The number of rotatable bonds is 3. The van der Waals surface area contributed by atoms with Gasteiger partial charge in [-0.3, -0.25) is 4.79 Å². The molecule has 0 aliphatic heterocycles. The molecule has 1 aromatic heterocycles. The molecule has 1 amide bonds. The Morgan fingerprint density at radius 3 is 2.50 bits per heavy atom. The largest absolute Gasteiger partial charge is 0.416 e. The number of alkyl halides is 3. The van der Waals surface area contributed by atoms with Crippen LogP contribution in [-0.2, 0) is 6.18 Å². The van der Waals surface area contributed by atoms with Crippen molar-refractivity contribution >= 4 is 11.6 Å². The van der Waals surface area contributed by atoms with Gasteiger partial charge in [0.25, 0.3) is 5.91 Å². The lowest BCUT2D eigenvalue weighted by atomic mass is 10.0. The van der Waals surface area contributed by atoms with E-state index >= 15 is 0 Å². The summed E-state index contributed by atoms with van der Waals surface area (Å²) >= 11 is 0. The number of hydrogen-bond donors (Lipinski definition) is 1. The summed E-state index contributed by atoms with van der Waals surface area (Å²) < 4.78 is 43.4. The Morgan fingerprint density at radius 1 is 1.04 bits per heavy atom. The van der Waals surface area contributed by atoms with Crippen molar-refractivity contribution in [1.82, 2.24) is 5.16 Å². The van der Waals surface area contributed by atoms with E-state index in [0.717, 1.165) is 28.8 Å². The molecule has 1 N–H and O–H groups in total. The van der Waals surface area contributed by atoms with Crippen LogP contribution in [0.15, 0.2) is 53.1 Å². The van der Waals surface area contributed by atoms with E-state index in [9.17, 15) is 18.0 Å². The molecule has 0 saturated carbocycles. The summed E-state index contributed by atoms with van der Waals surface area (Å²) in [4.78, 5) is 12.2. The van der Waals surface area contributed by atoms with Crippen LogP contribution in [0.3, 0.4) is 0 Å². The number of hydrogen-bond acceptors (Lipinski definition) is 3. The number of nitrogens with one attached hydrogen (secondary N) is 1. The number of nitrogens with zero attached hydrogens (tertiary/aromatic N) is 1. The molecular weight excluding hydrogens is 345 g/mol. The molecule has 2 aromatic carbocycles. The second-order valence-electron chi connectivity index (χ2n) is 5.91. The smallest absolute Gasteiger partial charge is 0.355 e. The van der Waals surface area contributed by atoms with E-state index in [-0.39, 0.29) is 11.4 Å². The first-order chi connectivity index (χ1) is 12.2. The highest BCUT2D eigenvalue weighted by Gasteiger charge is 2.30. The number of halogens is 3. The highest BCUT2D eigenvalue weighted by atomic mass is 19.4. The van der Waals surface area contributed by atoms with Gasteiger partial charge in [0.2, 0.25) is 0 Å². The van der Waals surface area contributed by atoms with Crippen LogP contribution in [0.2, 0.25) is 0 Å². The molecule has 7 heteroatoms. The average molecular weight is 360 g/mol. The predicted molar refractivity (Wildman–Crippen MR) is 90.8 cm³/mol. The molecule has 1 heterocycles. The number of benzene rings is 2. The molecule has 0 aliphatic rings. The zero-order valence-electron chi connectivity index (χ0n) is 14.0. The summed E-state index contributed by atoms with van der Waals surface area (Å²) in [5.74, 6) is -0.245. The van der Waals surface area contributed by atoms with Gasteiger partial charge in [0, 0.05) is 17.3 Å². The van der Waals surface area contributed by atoms with Crippen LogP contribution in [-0.4, -0.2) is 11.1 Å². The van der Waals surface area contributed by atoms with Gasteiger partial charge in [-0.1, -0.05) is 23.4 Å². The third-order valence-corrected chi connectivity index (χ3v) is 3.98. The molecule has 3 rings (SSSR count). The van der Waals surface area contributed by atoms with Gasteiger partial charge in [-0.25, -0.2) is 0 Å². The molecule has 0 saturated heterocycles. The maximum absolute atomic E-state index is 12.7. The highest BCUT2D eigenvalue weighted by Crippen LogP contribution is 2.31. The molecule has 4 nitrogen and oxygen atoms in total. The normalized spacial score (nSPS) is 11.4. The van der Waals surface area contributed by atoms with E-state index < -0.39 is 17.6 Å². The molecule has 3 aromatic rings. The van der Waals surface area contributed by atoms with E-state index in [1.165, 1.54) is 18.2 Å². The molecule has 0 unspecified atom stereocenters. The lowest BCUT2D eigenvalue weighted by Crippen LogP contribution is -2.13. The Bertz CT molecular complexity index is 961. The second-order valence-corrected chi connectivity index (χ2v) is 5.91. The topological polar surface area (TPSA) is 55.1 Å². The lowest BCUT2D eigenvalue weighted by molar-refractivity contribution is -0.137. The summed E-state index contributed by atoms with van der Waals surface area (Å²) in [6.45, 7) is 3.93. The van der Waals surface area contributed by atoms with E-state index in [4.69, 9.17) is 4.52 Å². The zero-order valence-corrected chi connectivity index (χ0v) is 14.0. The number of aryl methyl sites for hydroxylation is 2. The predicted octanol–water partition coefficient (Wildman–Crippen LogP) is 5.23. The number of aromatic nitrogens is 1. The first kappa shape index (κ1) is 17.7. The van der Waals surface area contributed by atoms with Crippen LogP contribution >= 0.6 is 0 Å². The first-order valence-electron chi connectivity index (χ1n) is 7.77. The number of carbonyl (C=O) groups excluding carboxylic acids is 1.